The summed E-state index contributed by atoms with van der Waals surface area (Å²) in [5, 5.41) is 4.07. The highest BCUT2D eigenvalue weighted by atomic mass is 16.5. The van der Waals surface area contributed by atoms with Gasteiger partial charge in [-0.1, -0.05) is 17.3 Å². The van der Waals surface area contributed by atoms with E-state index >= 15 is 0 Å². The molecule has 0 unspecified atom stereocenters. The maximum atomic E-state index is 5.33. The molecule has 0 aliphatic heterocycles. The molecule has 120 valence electrons. The van der Waals surface area contributed by atoms with Crippen LogP contribution in [0.15, 0.2) is 47.5 Å². The van der Waals surface area contributed by atoms with Crippen molar-refractivity contribution < 1.29 is 4.52 Å². The van der Waals surface area contributed by atoms with E-state index in [0.29, 0.717) is 30.7 Å². The van der Waals surface area contributed by atoms with Crippen molar-refractivity contribution >= 4 is 0 Å². The van der Waals surface area contributed by atoms with E-state index in [9.17, 15) is 0 Å². The van der Waals surface area contributed by atoms with Gasteiger partial charge in [-0.2, -0.15) is 4.98 Å². The van der Waals surface area contributed by atoms with Gasteiger partial charge >= 0.3 is 0 Å². The number of rotatable bonds is 6. The second-order valence-electron chi connectivity index (χ2n) is 5.93. The molecule has 0 radical (unpaired) electrons. The highest BCUT2D eigenvalue weighted by Crippen LogP contribution is 2.12. The third-order valence-electron chi connectivity index (χ3n) is 3.88. The third kappa shape index (κ3) is 3.84. The topological polar surface area (TPSA) is 60.0 Å². The van der Waals surface area contributed by atoms with Crippen molar-refractivity contribution in [1.82, 2.24) is 24.6 Å². The van der Waals surface area contributed by atoms with Gasteiger partial charge in [-0.05, 0) is 38.6 Å². The van der Waals surface area contributed by atoms with Gasteiger partial charge in [0.05, 0.1) is 12.9 Å². The fourth-order valence-electron chi connectivity index (χ4n) is 2.20. The van der Waals surface area contributed by atoms with Gasteiger partial charge in [-0.15, -0.1) is 0 Å². The Morgan fingerprint density at radius 3 is 2.65 bits per heavy atom. The largest absolute Gasteiger partial charge is 0.338 e. The van der Waals surface area contributed by atoms with Gasteiger partial charge in [-0.3, -0.25) is 4.90 Å². The lowest BCUT2D eigenvalue weighted by Crippen LogP contribution is -2.25. The first-order valence-corrected chi connectivity index (χ1v) is 7.71. The standard InChI is InChI=1S/C17H21N5O/c1-13(2)21(3)11-17-19-16(20-23-17)10-14-4-6-15(7-5-14)22-9-8-18-12-22/h4-9,12-13H,10-11H2,1-3H3. The molecule has 6 nitrogen and oxygen atoms in total. The molecule has 6 heteroatoms. The SMILES string of the molecule is CC(C)N(C)Cc1nc(Cc2ccc(-n3ccnc3)cc2)no1. The minimum Gasteiger partial charge on any atom is -0.338 e. The van der Waals surface area contributed by atoms with Gasteiger partial charge < -0.3 is 9.09 Å². The second-order valence-corrected chi connectivity index (χ2v) is 5.93. The van der Waals surface area contributed by atoms with E-state index in [1.807, 2.05) is 17.8 Å². The molecule has 2 heterocycles. The molecule has 0 amide bonds. The van der Waals surface area contributed by atoms with Gasteiger partial charge in [0.1, 0.15) is 0 Å². The molecule has 0 aliphatic rings. The van der Waals surface area contributed by atoms with E-state index in [4.69, 9.17) is 4.52 Å². The monoisotopic (exact) mass is 311 g/mol. The fraction of sp³-hybridized carbons (Fsp3) is 0.353. The molecule has 0 aliphatic carbocycles. The van der Waals surface area contributed by atoms with E-state index in [1.54, 1.807) is 12.5 Å². The molecule has 0 spiro atoms. The minimum absolute atomic E-state index is 0.445. The first-order valence-electron chi connectivity index (χ1n) is 7.71. The van der Waals surface area contributed by atoms with Crippen molar-refractivity contribution in [2.75, 3.05) is 7.05 Å². The Labute approximate surface area is 135 Å². The van der Waals surface area contributed by atoms with E-state index in [1.165, 1.54) is 0 Å². The van der Waals surface area contributed by atoms with Gasteiger partial charge in [0.25, 0.3) is 0 Å². The molecule has 0 atom stereocenters. The summed E-state index contributed by atoms with van der Waals surface area (Å²) in [6, 6.07) is 8.72. The van der Waals surface area contributed by atoms with Crippen molar-refractivity contribution in [2.45, 2.75) is 32.9 Å². The van der Waals surface area contributed by atoms with Crippen LogP contribution in [-0.4, -0.2) is 37.7 Å². The zero-order valence-corrected chi connectivity index (χ0v) is 13.7. The summed E-state index contributed by atoms with van der Waals surface area (Å²) >= 11 is 0. The fourth-order valence-corrected chi connectivity index (χ4v) is 2.20. The first kappa shape index (κ1) is 15.4. The van der Waals surface area contributed by atoms with E-state index < -0.39 is 0 Å². The highest BCUT2D eigenvalue weighted by molar-refractivity contribution is 5.35. The van der Waals surface area contributed by atoms with Crippen molar-refractivity contribution in [3.8, 4) is 5.69 Å². The Morgan fingerprint density at radius 1 is 1.22 bits per heavy atom. The predicted octanol–water partition coefficient (Wildman–Crippen LogP) is 2.69. The van der Waals surface area contributed by atoms with Crippen LogP contribution in [-0.2, 0) is 13.0 Å². The quantitative estimate of drug-likeness (QED) is 0.700. The summed E-state index contributed by atoms with van der Waals surface area (Å²) in [7, 11) is 2.05. The highest BCUT2D eigenvalue weighted by Gasteiger charge is 2.11. The summed E-state index contributed by atoms with van der Waals surface area (Å²) < 4.78 is 7.30. The van der Waals surface area contributed by atoms with Crippen LogP contribution >= 0.6 is 0 Å². The molecular formula is C17H21N5O. The molecule has 0 saturated heterocycles. The molecule has 0 bridgehead atoms. The van der Waals surface area contributed by atoms with Crippen molar-refractivity contribution in [3.05, 3.63) is 60.3 Å². The summed E-state index contributed by atoms with van der Waals surface area (Å²) in [4.78, 5) is 10.7. The van der Waals surface area contributed by atoms with Gasteiger partial charge in [-0.25, -0.2) is 4.98 Å². The molecule has 3 aromatic rings. The summed E-state index contributed by atoms with van der Waals surface area (Å²) in [6.45, 7) is 4.95. The van der Waals surface area contributed by atoms with Crippen LogP contribution in [0.25, 0.3) is 5.69 Å². The van der Waals surface area contributed by atoms with E-state index in [2.05, 4.69) is 58.1 Å². The first-order chi connectivity index (χ1) is 11.1. The summed E-state index contributed by atoms with van der Waals surface area (Å²) in [6.07, 6.45) is 6.14. The zero-order valence-electron chi connectivity index (χ0n) is 13.7. The van der Waals surface area contributed by atoms with Crippen LogP contribution in [0.2, 0.25) is 0 Å². The number of imidazole rings is 1. The van der Waals surface area contributed by atoms with E-state index in [-0.39, 0.29) is 0 Å². The number of hydrogen-bond donors (Lipinski definition) is 0. The van der Waals surface area contributed by atoms with Crippen molar-refractivity contribution in [2.24, 2.45) is 0 Å². The van der Waals surface area contributed by atoms with Gasteiger partial charge in [0, 0.05) is 30.5 Å². The normalized spacial score (nSPS) is 11.5. The average molecular weight is 311 g/mol. The van der Waals surface area contributed by atoms with Crippen LogP contribution in [0.1, 0.15) is 31.1 Å². The second kappa shape index (κ2) is 6.75. The number of aromatic nitrogens is 4. The Kier molecular flexibility index (Phi) is 4.52. The van der Waals surface area contributed by atoms with Crippen molar-refractivity contribution in [1.29, 1.82) is 0 Å². The van der Waals surface area contributed by atoms with Crippen LogP contribution < -0.4 is 0 Å². The molecule has 3 rings (SSSR count). The Bertz CT molecular complexity index is 731. The van der Waals surface area contributed by atoms with Crippen LogP contribution in [0, 0.1) is 0 Å². The van der Waals surface area contributed by atoms with Crippen LogP contribution in [0.3, 0.4) is 0 Å². The molecule has 23 heavy (non-hydrogen) atoms. The molecular weight excluding hydrogens is 290 g/mol. The average Bonchev–Trinajstić information content (AvgIpc) is 3.20. The van der Waals surface area contributed by atoms with E-state index in [0.717, 1.165) is 11.3 Å². The molecule has 2 aromatic heterocycles. The molecule has 0 saturated carbocycles. The Morgan fingerprint density at radius 2 is 2.00 bits per heavy atom. The van der Waals surface area contributed by atoms with Gasteiger partial charge in [0.2, 0.25) is 5.89 Å². The lowest BCUT2D eigenvalue weighted by molar-refractivity contribution is 0.226. The summed E-state index contributed by atoms with van der Waals surface area (Å²) in [5.41, 5.74) is 2.23. The van der Waals surface area contributed by atoms with Crippen molar-refractivity contribution in [3.63, 3.8) is 0 Å². The molecule has 0 N–H and O–H groups in total. The molecule has 1 aromatic carbocycles. The lowest BCUT2D eigenvalue weighted by Gasteiger charge is -2.17. The maximum absolute atomic E-state index is 5.33. The lowest BCUT2D eigenvalue weighted by atomic mass is 10.1. The minimum atomic E-state index is 0.445. The van der Waals surface area contributed by atoms with Crippen LogP contribution in [0.5, 0.6) is 0 Å². The van der Waals surface area contributed by atoms with Gasteiger partial charge in [0.15, 0.2) is 5.82 Å². The molecule has 0 fully saturated rings. The zero-order chi connectivity index (χ0) is 16.2. The number of nitrogens with zero attached hydrogens (tertiary/aromatic N) is 5. The Hall–Kier alpha value is -2.47. The number of benzene rings is 1. The maximum Gasteiger partial charge on any atom is 0.240 e. The smallest absolute Gasteiger partial charge is 0.240 e. The summed E-state index contributed by atoms with van der Waals surface area (Å²) in [5.74, 6) is 1.37. The number of hydrogen-bond acceptors (Lipinski definition) is 5. The third-order valence-corrected chi connectivity index (χ3v) is 3.88. The predicted molar refractivity (Wildman–Crippen MR) is 87.3 cm³/mol. The van der Waals surface area contributed by atoms with Crippen LogP contribution in [0.4, 0.5) is 0 Å². The Balaban J connectivity index is 1.64.